The molecular formula is C34H40N8O6. The van der Waals surface area contributed by atoms with Gasteiger partial charge in [0.15, 0.2) is 11.5 Å². The quantitative estimate of drug-likeness (QED) is 0.154. The first-order valence-electron chi connectivity index (χ1n) is 16.3. The molecular weight excluding hydrogens is 616 g/mol. The van der Waals surface area contributed by atoms with E-state index in [1.165, 1.54) is 0 Å². The van der Waals surface area contributed by atoms with Crippen LogP contribution in [0.25, 0.3) is 11.2 Å². The average molecular weight is 657 g/mol. The van der Waals surface area contributed by atoms with Crippen LogP contribution in [0.5, 0.6) is 5.75 Å². The number of fused-ring (bicyclic) bond motifs is 2. The van der Waals surface area contributed by atoms with Crippen molar-refractivity contribution in [2.45, 2.75) is 63.8 Å². The van der Waals surface area contributed by atoms with Crippen molar-refractivity contribution >= 4 is 35.1 Å². The van der Waals surface area contributed by atoms with Crippen molar-refractivity contribution in [3.8, 4) is 5.75 Å². The van der Waals surface area contributed by atoms with E-state index in [0.29, 0.717) is 51.0 Å². The summed E-state index contributed by atoms with van der Waals surface area (Å²) in [6.07, 6.45) is 5.39. The van der Waals surface area contributed by atoms with Crippen LogP contribution >= 0.6 is 0 Å². The summed E-state index contributed by atoms with van der Waals surface area (Å²) >= 11 is 0. The molecule has 14 nitrogen and oxygen atoms in total. The smallest absolute Gasteiger partial charge is 0.408 e. The SMILES string of the molecule is O=C(O)NCCCCC(NC(=O)OCc1ccccc1)C(=O)N1CCc2cccc(OCC3CCCN3c3ncnc4[nH]cnc34)c2C1. The molecule has 0 saturated carbocycles. The first-order valence-corrected chi connectivity index (χ1v) is 16.3. The lowest BCUT2D eigenvalue weighted by atomic mass is 9.97. The highest BCUT2D eigenvalue weighted by Gasteiger charge is 2.32. The normalized spacial score (nSPS) is 16.3. The van der Waals surface area contributed by atoms with E-state index in [1.807, 2.05) is 42.5 Å². The van der Waals surface area contributed by atoms with Gasteiger partial charge < -0.3 is 40.0 Å². The molecule has 1 saturated heterocycles. The number of hydrogen-bond acceptors (Lipinski definition) is 9. The van der Waals surface area contributed by atoms with Crippen LogP contribution in [0.1, 0.15) is 48.8 Å². The van der Waals surface area contributed by atoms with Gasteiger partial charge in [0, 0.05) is 31.7 Å². The van der Waals surface area contributed by atoms with Gasteiger partial charge in [-0.25, -0.2) is 24.5 Å². The summed E-state index contributed by atoms with van der Waals surface area (Å²) in [4.78, 5) is 57.9. The number of H-pyrrole nitrogens is 1. The number of imidazole rings is 1. The number of alkyl carbamates (subject to hydrolysis) is 1. The van der Waals surface area contributed by atoms with Crippen molar-refractivity contribution in [2.75, 3.05) is 31.1 Å². The first-order chi connectivity index (χ1) is 23.5. The first kappa shape index (κ1) is 32.5. The van der Waals surface area contributed by atoms with E-state index in [-0.39, 0.29) is 25.1 Å². The molecule has 4 heterocycles. The Labute approximate surface area is 277 Å². The number of nitrogens with zero attached hydrogens (tertiary/aromatic N) is 5. The molecule has 1 fully saturated rings. The number of ether oxygens (including phenoxy) is 2. The number of aromatic amines is 1. The molecule has 2 aromatic heterocycles. The van der Waals surface area contributed by atoms with Crippen molar-refractivity contribution in [1.82, 2.24) is 35.5 Å². The minimum absolute atomic E-state index is 0.0795. The minimum Gasteiger partial charge on any atom is -0.491 e. The summed E-state index contributed by atoms with van der Waals surface area (Å²) in [7, 11) is 0. The second kappa shape index (κ2) is 15.5. The van der Waals surface area contributed by atoms with E-state index in [4.69, 9.17) is 14.6 Å². The maximum Gasteiger partial charge on any atom is 0.408 e. The third-order valence-corrected chi connectivity index (χ3v) is 8.82. The van der Waals surface area contributed by atoms with Crippen LogP contribution in [-0.4, -0.2) is 86.4 Å². The predicted octanol–water partition coefficient (Wildman–Crippen LogP) is 4.02. The van der Waals surface area contributed by atoms with Gasteiger partial charge in [-0.1, -0.05) is 42.5 Å². The standard InChI is InChI=1S/C34H40N8O6/c43-32(27(12-4-5-15-35-33(44)45)40-34(46)48-19-23-8-2-1-3-9-23)41-17-14-24-10-6-13-28(26(24)18-41)47-20-25-11-7-16-42(25)31-29-30(37-21-36-29)38-22-39-31/h1-3,6,8-10,13,21-22,25,27,35H,4-5,7,11-12,14-20H2,(H,40,46)(H,44,45)(H,36,37,38,39). The summed E-state index contributed by atoms with van der Waals surface area (Å²) in [6, 6.07) is 14.6. The number of aromatic nitrogens is 4. The highest BCUT2D eigenvalue weighted by atomic mass is 16.5. The molecule has 252 valence electrons. The minimum atomic E-state index is -1.10. The molecule has 2 aliphatic heterocycles. The summed E-state index contributed by atoms with van der Waals surface area (Å²) < 4.78 is 11.9. The molecule has 0 radical (unpaired) electrons. The molecule has 2 aromatic carbocycles. The Kier molecular flexibility index (Phi) is 10.5. The van der Waals surface area contributed by atoms with Gasteiger partial charge in [-0.3, -0.25) is 4.79 Å². The third kappa shape index (κ3) is 7.93. The Morgan fingerprint density at radius 3 is 2.77 bits per heavy atom. The molecule has 2 unspecified atom stereocenters. The molecule has 2 atom stereocenters. The fourth-order valence-corrected chi connectivity index (χ4v) is 6.36. The van der Waals surface area contributed by atoms with Crippen LogP contribution in [0.15, 0.2) is 61.2 Å². The summed E-state index contributed by atoms with van der Waals surface area (Å²) in [5.41, 5.74) is 4.35. The van der Waals surface area contributed by atoms with E-state index in [2.05, 4.69) is 41.5 Å². The summed E-state index contributed by atoms with van der Waals surface area (Å²) in [5, 5.41) is 14.0. The Morgan fingerprint density at radius 2 is 1.92 bits per heavy atom. The Balaban J connectivity index is 1.11. The van der Waals surface area contributed by atoms with Crippen LogP contribution in [0, 0.1) is 0 Å². The van der Waals surface area contributed by atoms with Crippen molar-refractivity contribution in [3.63, 3.8) is 0 Å². The number of hydrogen-bond donors (Lipinski definition) is 4. The largest absolute Gasteiger partial charge is 0.491 e. The molecule has 3 amide bonds. The van der Waals surface area contributed by atoms with Gasteiger partial charge in [0.25, 0.3) is 0 Å². The zero-order chi connectivity index (χ0) is 33.3. The van der Waals surface area contributed by atoms with Crippen molar-refractivity contribution in [2.24, 2.45) is 0 Å². The fourth-order valence-electron chi connectivity index (χ4n) is 6.36. The number of benzene rings is 2. The van der Waals surface area contributed by atoms with Crippen molar-refractivity contribution in [1.29, 1.82) is 0 Å². The predicted molar refractivity (Wildman–Crippen MR) is 177 cm³/mol. The lowest BCUT2D eigenvalue weighted by Crippen LogP contribution is -2.50. The van der Waals surface area contributed by atoms with Gasteiger partial charge in [-0.15, -0.1) is 0 Å². The molecule has 14 heteroatoms. The molecule has 48 heavy (non-hydrogen) atoms. The lowest BCUT2D eigenvalue weighted by Gasteiger charge is -2.33. The second-order valence-electron chi connectivity index (χ2n) is 12.0. The Morgan fingerprint density at radius 1 is 1.04 bits per heavy atom. The van der Waals surface area contributed by atoms with E-state index < -0.39 is 18.2 Å². The maximum atomic E-state index is 13.9. The van der Waals surface area contributed by atoms with E-state index in [0.717, 1.165) is 53.2 Å². The van der Waals surface area contributed by atoms with Crippen molar-refractivity contribution < 1.29 is 29.0 Å². The maximum absolute atomic E-state index is 13.9. The van der Waals surface area contributed by atoms with Gasteiger partial charge in [0.2, 0.25) is 5.91 Å². The number of anilines is 1. The number of carboxylic acid groups (broad SMARTS) is 1. The number of amides is 3. The molecule has 6 rings (SSSR count). The Hall–Kier alpha value is -5.40. The number of unbranched alkanes of at least 4 members (excludes halogenated alkanes) is 1. The fraction of sp³-hybridized carbons (Fsp3) is 0.412. The van der Waals surface area contributed by atoms with E-state index in [1.54, 1.807) is 17.6 Å². The van der Waals surface area contributed by atoms with Crippen LogP contribution in [0.3, 0.4) is 0 Å². The highest BCUT2D eigenvalue weighted by molar-refractivity contribution is 5.86. The molecule has 4 aromatic rings. The topological polar surface area (TPSA) is 175 Å². The Bertz CT molecular complexity index is 1720. The monoisotopic (exact) mass is 656 g/mol. The third-order valence-electron chi connectivity index (χ3n) is 8.82. The molecule has 0 spiro atoms. The van der Waals surface area contributed by atoms with Crippen molar-refractivity contribution in [3.05, 3.63) is 77.9 Å². The van der Waals surface area contributed by atoms with Crippen LogP contribution in [0.4, 0.5) is 15.4 Å². The molecule has 0 bridgehead atoms. The summed E-state index contributed by atoms with van der Waals surface area (Å²) in [6.45, 7) is 2.47. The van der Waals surface area contributed by atoms with Gasteiger partial charge in [0.05, 0.1) is 12.4 Å². The van der Waals surface area contributed by atoms with Crippen LogP contribution < -0.4 is 20.3 Å². The number of carbonyl (C=O) groups excluding carboxylic acids is 2. The molecule has 4 N–H and O–H groups in total. The average Bonchev–Trinajstić information content (AvgIpc) is 3.79. The lowest BCUT2D eigenvalue weighted by molar-refractivity contribution is -0.134. The van der Waals surface area contributed by atoms with E-state index in [9.17, 15) is 14.4 Å². The molecule has 0 aliphatic carbocycles. The number of carbonyl (C=O) groups is 3. The zero-order valence-electron chi connectivity index (χ0n) is 26.6. The highest BCUT2D eigenvalue weighted by Crippen LogP contribution is 2.32. The number of rotatable bonds is 13. The zero-order valence-corrected chi connectivity index (χ0v) is 26.6. The van der Waals surface area contributed by atoms with Gasteiger partial charge in [-0.05, 0) is 55.7 Å². The van der Waals surface area contributed by atoms with E-state index >= 15 is 0 Å². The van der Waals surface area contributed by atoms with Crippen LogP contribution in [0.2, 0.25) is 0 Å². The second-order valence-corrected chi connectivity index (χ2v) is 12.0. The van der Waals surface area contributed by atoms with Crippen LogP contribution in [-0.2, 0) is 29.1 Å². The van der Waals surface area contributed by atoms with Gasteiger partial charge in [-0.2, -0.15) is 0 Å². The van der Waals surface area contributed by atoms with Gasteiger partial charge in [0.1, 0.15) is 36.8 Å². The molecule has 2 aliphatic rings. The van der Waals surface area contributed by atoms with Gasteiger partial charge >= 0.3 is 12.2 Å². The number of nitrogens with one attached hydrogen (secondary N) is 3. The summed E-state index contributed by atoms with van der Waals surface area (Å²) in [5.74, 6) is 1.31.